The monoisotopic (exact) mass is 369 g/mol. The topological polar surface area (TPSA) is 102 Å². The van der Waals surface area contributed by atoms with E-state index in [1.165, 1.54) is 39.3 Å². The van der Waals surface area contributed by atoms with Crippen LogP contribution in [0.25, 0.3) is 0 Å². The largest absolute Gasteiger partial charge is 0.493 e. The third kappa shape index (κ3) is 3.66. The Morgan fingerprint density at radius 1 is 1.16 bits per heavy atom. The molecule has 0 heterocycles. The van der Waals surface area contributed by atoms with Crippen molar-refractivity contribution in [2.45, 2.75) is 11.8 Å². The highest BCUT2D eigenvalue weighted by Gasteiger charge is 2.24. The van der Waals surface area contributed by atoms with Gasteiger partial charge in [0.1, 0.15) is 10.7 Å². The average molecular weight is 369 g/mol. The molecule has 2 rings (SSSR count). The Balaban J connectivity index is 2.51. The molecular formula is C16H16FNO6S. The van der Waals surface area contributed by atoms with E-state index < -0.39 is 26.7 Å². The Hall–Kier alpha value is -2.81. The van der Waals surface area contributed by atoms with Crippen molar-refractivity contribution in [3.05, 3.63) is 47.3 Å². The fourth-order valence-corrected chi connectivity index (χ4v) is 3.42. The number of rotatable bonds is 6. The normalized spacial score (nSPS) is 11.0. The molecule has 2 aromatic rings. The van der Waals surface area contributed by atoms with Gasteiger partial charge >= 0.3 is 5.97 Å². The third-order valence-electron chi connectivity index (χ3n) is 3.54. The SMILES string of the molecule is COc1cc(F)c(S(=O)(=O)Nc2cccc(C(=O)O)c2C)cc1OC. The molecule has 0 fully saturated rings. The highest BCUT2D eigenvalue weighted by Crippen LogP contribution is 2.33. The Morgan fingerprint density at radius 2 is 1.76 bits per heavy atom. The van der Waals surface area contributed by atoms with Gasteiger partial charge in [-0.25, -0.2) is 17.6 Å². The van der Waals surface area contributed by atoms with E-state index in [0.29, 0.717) is 0 Å². The van der Waals surface area contributed by atoms with Gasteiger partial charge in [-0.05, 0) is 24.6 Å². The lowest BCUT2D eigenvalue weighted by Gasteiger charge is -2.14. The number of carboxylic acid groups (broad SMARTS) is 1. The predicted octanol–water partition coefficient (Wildman–Crippen LogP) is 2.65. The molecule has 0 aromatic heterocycles. The number of hydrogen-bond acceptors (Lipinski definition) is 5. The van der Waals surface area contributed by atoms with Crippen LogP contribution in [0, 0.1) is 12.7 Å². The molecule has 0 saturated heterocycles. The van der Waals surface area contributed by atoms with Crippen molar-refractivity contribution in [2.24, 2.45) is 0 Å². The van der Waals surface area contributed by atoms with Gasteiger partial charge in [0, 0.05) is 12.1 Å². The maximum Gasteiger partial charge on any atom is 0.336 e. The van der Waals surface area contributed by atoms with Crippen molar-refractivity contribution >= 4 is 21.7 Å². The first-order valence-corrected chi connectivity index (χ1v) is 8.46. The number of carbonyl (C=O) groups is 1. The molecule has 2 aromatic carbocycles. The molecule has 25 heavy (non-hydrogen) atoms. The van der Waals surface area contributed by atoms with E-state index in [2.05, 4.69) is 4.72 Å². The summed E-state index contributed by atoms with van der Waals surface area (Å²) in [5.41, 5.74) is 0.182. The van der Waals surface area contributed by atoms with Crippen molar-refractivity contribution in [1.82, 2.24) is 0 Å². The van der Waals surface area contributed by atoms with Gasteiger partial charge in [0.15, 0.2) is 11.5 Å². The van der Waals surface area contributed by atoms with Crippen LogP contribution in [-0.4, -0.2) is 33.7 Å². The van der Waals surface area contributed by atoms with Crippen LogP contribution in [0.1, 0.15) is 15.9 Å². The molecule has 0 bridgehead atoms. The standard InChI is InChI=1S/C16H16FNO6S/c1-9-10(16(19)20)5-4-6-12(9)18-25(21,22)15-8-14(24-3)13(23-2)7-11(15)17/h4-8,18H,1-3H3,(H,19,20). The lowest BCUT2D eigenvalue weighted by molar-refractivity contribution is 0.0696. The summed E-state index contributed by atoms with van der Waals surface area (Å²) >= 11 is 0. The zero-order valence-electron chi connectivity index (χ0n) is 13.7. The Morgan fingerprint density at radius 3 is 2.32 bits per heavy atom. The van der Waals surface area contributed by atoms with Gasteiger partial charge in [0.25, 0.3) is 10.0 Å². The molecule has 2 N–H and O–H groups in total. The number of ether oxygens (including phenoxy) is 2. The summed E-state index contributed by atoms with van der Waals surface area (Å²) in [7, 11) is -1.73. The van der Waals surface area contributed by atoms with Gasteiger partial charge in [-0.3, -0.25) is 4.72 Å². The van der Waals surface area contributed by atoms with Crippen molar-refractivity contribution in [3.8, 4) is 11.5 Å². The number of sulfonamides is 1. The van der Waals surface area contributed by atoms with Crippen LogP contribution in [0.2, 0.25) is 0 Å². The number of carboxylic acids is 1. The van der Waals surface area contributed by atoms with E-state index in [0.717, 1.165) is 12.1 Å². The molecule has 0 spiro atoms. The summed E-state index contributed by atoms with van der Waals surface area (Å²) in [6, 6.07) is 6.00. The number of benzene rings is 2. The number of hydrogen-bond donors (Lipinski definition) is 2. The van der Waals surface area contributed by atoms with Gasteiger partial charge in [0.2, 0.25) is 0 Å². The minimum absolute atomic E-state index is 0.0362. The molecular weight excluding hydrogens is 353 g/mol. The van der Waals surface area contributed by atoms with Crippen molar-refractivity contribution in [1.29, 1.82) is 0 Å². The molecule has 0 amide bonds. The summed E-state index contributed by atoms with van der Waals surface area (Å²) in [6.45, 7) is 1.45. The van der Waals surface area contributed by atoms with E-state index in [1.54, 1.807) is 0 Å². The number of methoxy groups -OCH3 is 2. The first-order chi connectivity index (χ1) is 11.7. The summed E-state index contributed by atoms with van der Waals surface area (Å²) in [6.07, 6.45) is 0. The van der Waals surface area contributed by atoms with E-state index in [1.807, 2.05) is 0 Å². The summed E-state index contributed by atoms with van der Waals surface area (Å²) in [4.78, 5) is 10.5. The zero-order chi connectivity index (χ0) is 18.8. The lowest BCUT2D eigenvalue weighted by Crippen LogP contribution is -2.16. The summed E-state index contributed by atoms with van der Waals surface area (Å²) in [5.74, 6) is -2.14. The van der Waals surface area contributed by atoms with E-state index in [9.17, 15) is 17.6 Å². The quantitative estimate of drug-likeness (QED) is 0.812. The fraction of sp³-hybridized carbons (Fsp3) is 0.188. The highest BCUT2D eigenvalue weighted by molar-refractivity contribution is 7.92. The molecule has 0 aliphatic rings. The van der Waals surface area contributed by atoms with Crippen molar-refractivity contribution < 1.29 is 32.2 Å². The van der Waals surface area contributed by atoms with E-state index in [4.69, 9.17) is 14.6 Å². The second kappa shape index (κ2) is 6.98. The maximum absolute atomic E-state index is 14.2. The Kier molecular flexibility index (Phi) is 5.17. The number of halogens is 1. The van der Waals surface area contributed by atoms with Crippen LogP contribution in [0.3, 0.4) is 0 Å². The minimum Gasteiger partial charge on any atom is -0.493 e. The first-order valence-electron chi connectivity index (χ1n) is 6.98. The predicted molar refractivity (Wildman–Crippen MR) is 88.5 cm³/mol. The molecule has 7 nitrogen and oxygen atoms in total. The molecule has 0 aliphatic heterocycles. The van der Waals surface area contributed by atoms with Crippen LogP contribution in [0.15, 0.2) is 35.2 Å². The average Bonchev–Trinajstić information content (AvgIpc) is 2.55. The molecule has 0 saturated carbocycles. The third-order valence-corrected chi connectivity index (χ3v) is 4.92. The second-order valence-corrected chi connectivity index (χ2v) is 6.68. The second-order valence-electron chi connectivity index (χ2n) is 5.03. The summed E-state index contributed by atoms with van der Waals surface area (Å²) in [5, 5.41) is 9.11. The molecule has 0 unspecified atom stereocenters. The van der Waals surface area contributed by atoms with Crippen molar-refractivity contribution in [2.75, 3.05) is 18.9 Å². The van der Waals surface area contributed by atoms with Crippen LogP contribution >= 0.6 is 0 Å². The molecule has 134 valence electrons. The van der Waals surface area contributed by atoms with E-state index >= 15 is 0 Å². The maximum atomic E-state index is 14.2. The number of nitrogens with one attached hydrogen (secondary N) is 1. The van der Waals surface area contributed by atoms with Crippen LogP contribution in [0.5, 0.6) is 11.5 Å². The van der Waals surface area contributed by atoms with Gasteiger partial charge in [0.05, 0.1) is 25.5 Å². The Bertz CT molecular complexity index is 926. The first kappa shape index (κ1) is 18.5. The number of aromatic carboxylic acids is 1. The highest BCUT2D eigenvalue weighted by atomic mass is 32.2. The van der Waals surface area contributed by atoms with Crippen LogP contribution in [-0.2, 0) is 10.0 Å². The van der Waals surface area contributed by atoms with Crippen LogP contribution in [0.4, 0.5) is 10.1 Å². The van der Waals surface area contributed by atoms with Crippen molar-refractivity contribution in [3.63, 3.8) is 0 Å². The molecule has 9 heteroatoms. The summed E-state index contributed by atoms with van der Waals surface area (Å²) < 4.78 is 51.4. The zero-order valence-corrected chi connectivity index (χ0v) is 14.5. The Labute approximate surface area is 144 Å². The van der Waals surface area contributed by atoms with E-state index in [-0.39, 0.29) is 28.3 Å². The van der Waals surface area contributed by atoms with Gasteiger partial charge in [-0.15, -0.1) is 0 Å². The van der Waals surface area contributed by atoms with Crippen LogP contribution < -0.4 is 14.2 Å². The lowest BCUT2D eigenvalue weighted by atomic mass is 10.1. The molecule has 0 atom stereocenters. The van der Waals surface area contributed by atoms with Gasteiger partial charge in [-0.2, -0.15) is 0 Å². The molecule has 0 aliphatic carbocycles. The van der Waals surface area contributed by atoms with Gasteiger partial charge in [-0.1, -0.05) is 6.07 Å². The number of anilines is 1. The molecule has 0 radical (unpaired) electrons. The fourth-order valence-electron chi connectivity index (χ4n) is 2.22. The minimum atomic E-state index is -4.32. The van der Waals surface area contributed by atoms with Gasteiger partial charge < -0.3 is 14.6 Å². The smallest absolute Gasteiger partial charge is 0.336 e.